The molecule has 5 aliphatic carbocycles. The van der Waals surface area contributed by atoms with Crippen molar-refractivity contribution in [2.45, 2.75) is 210 Å². The Morgan fingerprint density at radius 1 is 0.705 bits per heavy atom. The SMILES string of the molecule is CC1O[C@@H](OC2[C@H](O[C@H]3CC[C@@]4(C)C(=CCC5C6CC7C[C@]8(CC[C@@H](C)CN8)C(C)C7[C@@]6(C)CCC54)C3)OC(CO)[C@@H](O[C@@H]3OC(C)[C@H](O)[C@H](O)C3O)[C@@H]2O)C(O)[C@@H](O)[C@H]1O. The molecule has 61 heavy (non-hydrogen) atoms. The van der Waals surface area contributed by atoms with Crippen molar-refractivity contribution in [3.63, 3.8) is 0 Å². The van der Waals surface area contributed by atoms with Crippen LogP contribution in [0.4, 0.5) is 0 Å². The van der Waals surface area contributed by atoms with E-state index in [4.69, 9.17) is 28.4 Å². The quantitative estimate of drug-likeness (QED) is 0.165. The Labute approximate surface area is 360 Å². The molecule has 8 fully saturated rings. The largest absolute Gasteiger partial charge is 0.394 e. The van der Waals surface area contributed by atoms with Gasteiger partial charge in [-0.25, -0.2) is 0 Å². The fourth-order valence-electron chi connectivity index (χ4n) is 15.0. The number of piperidine rings is 1. The summed E-state index contributed by atoms with van der Waals surface area (Å²) in [6.45, 7) is 13.6. The van der Waals surface area contributed by atoms with Crippen LogP contribution in [0.5, 0.6) is 0 Å². The number of rotatable bonds is 7. The fourth-order valence-corrected chi connectivity index (χ4v) is 15.0. The summed E-state index contributed by atoms with van der Waals surface area (Å²) in [4.78, 5) is 0. The maximum atomic E-state index is 12.0. The number of allylic oxidation sites excluding steroid dienone is 1. The molecule has 348 valence electrons. The number of nitrogens with one attached hydrogen (secondary N) is 1. The first-order chi connectivity index (χ1) is 28.9. The monoisotopic (exact) mass is 866 g/mol. The molecule has 26 atom stereocenters. The molecule has 0 amide bonds. The van der Waals surface area contributed by atoms with E-state index in [1.54, 1.807) is 0 Å². The highest BCUT2D eigenvalue weighted by atomic mass is 16.8. The average molecular weight is 866 g/mol. The van der Waals surface area contributed by atoms with Gasteiger partial charge in [0.2, 0.25) is 0 Å². The van der Waals surface area contributed by atoms with Crippen LogP contribution in [0.2, 0.25) is 0 Å². The summed E-state index contributed by atoms with van der Waals surface area (Å²) in [5, 5.41) is 90.0. The van der Waals surface area contributed by atoms with Crippen molar-refractivity contribution in [2.24, 2.45) is 52.3 Å². The highest BCUT2D eigenvalue weighted by Crippen LogP contribution is 2.72. The van der Waals surface area contributed by atoms with Gasteiger partial charge in [0.05, 0.1) is 24.9 Å². The Balaban J connectivity index is 0.916. The molecule has 4 saturated heterocycles. The van der Waals surface area contributed by atoms with Crippen LogP contribution < -0.4 is 5.32 Å². The van der Waals surface area contributed by atoms with Crippen molar-refractivity contribution in [3.8, 4) is 0 Å². The molecular weight excluding hydrogens is 790 g/mol. The van der Waals surface area contributed by atoms with Crippen LogP contribution in [0.15, 0.2) is 11.6 Å². The molecule has 4 saturated carbocycles. The second-order valence-corrected chi connectivity index (χ2v) is 21.8. The van der Waals surface area contributed by atoms with Gasteiger partial charge in [-0.1, -0.05) is 39.3 Å². The van der Waals surface area contributed by atoms with Crippen LogP contribution in [0.1, 0.15) is 106 Å². The Bertz CT molecular complexity index is 1600. The summed E-state index contributed by atoms with van der Waals surface area (Å²) >= 11 is 0. The highest BCUT2D eigenvalue weighted by molar-refractivity contribution is 5.27. The normalized spacial score (nSPS) is 58.4. The maximum Gasteiger partial charge on any atom is 0.187 e. The van der Waals surface area contributed by atoms with Crippen molar-refractivity contribution < 1.29 is 69.3 Å². The van der Waals surface area contributed by atoms with E-state index in [1.807, 2.05) is 0 Å². The van der Waals surface area contributed by atoms with Gasteiger partial charge in [0, 0.05) is 5.54 Å². The van der Waals surface area contributed by atoms with Crippen molar-refractivity contribution in [3.05, 3.63) is 11.6 Å². The molecule has 0 aromatic carbocycles. The lowest BCUT2D eigenvalue weighted by Gasteiger charge is -2.59. The van der Waals surface area contributed by atoms with Gasteiger partial charge < -0.3 is 74.6 Å². The Hall–Kier alpha value is -0.860. The van der Waals surface area contributed by atoms with Crippen LogP contribution >= 0.6 is 0 Å². The van der Waals surface area contributed by atoms with E-state index in [-0.39, 0.29) is 11.5 Å². The van der Waals surface area contributed by atoms with E-state index in [2.05, 4.69) is 39.1 Å². The molecule has 0 aromatic heterocycles. The van der Waals surface area contributed by atoms with Crippen LogP contribution in [0.3, 0.4) is 0 Å². The van der Waals surface area contributed by atoms with Gasteiger partial charge in [0.1, 0.15) is 61.0 Å². The number of aliphatic hydroxyl groups excluding tert-OH is 8. The first kappa shape index (κ1) is 45.3. The molecule has 4 aliphatic heterocycles. The predicted molar refractivity (Wildman–Crippen MR) is 218 cm³/mol. The zero-order valence-electron chi connectivity index (χ0n) is 36.9. The van der Waals surface area contributed by atoms with E-state index < -0.39 is 98.7 Å². The third kappa shape index (κ3) is 7.44. The van der Waals surface area contributed by atoms with Gasteiger partial charge in [0.15, 0.2) is 18.9 Å². The Morgan fingerprint density at radius 2 is 1.36 bits per heavy atom. The number of ether oxygens (including phenoxy) is 6. The van der Waals surface area contributed by atoms with Gasteiger partial charge in [-0.15, -0.1) is 0 Å². The van der Waals surface area contributed by atoms with Crippen molar-refractivity contribution >= 4 is 0 Å². The second-order valence-electron chi connectivity index (χ2n) is 21.8. The highest BCUT2D eigenvalue weighted by Gasteiger charge is 2.67. The second kappa shape index (κ2) is 16.8. The standard InChI is InChI=1S/C46H75NO14/c1-20-9-14-46(47-18-20)17-24-15-29-27-8-7-25-16-26(10-12-44(25,5)28(27)11-13-45(29,6)31(24)21(46)2)58-43-40(61-42-37(54)35(52)33(50)23(4)57-42)38(55)39(30(19-48)59-43)60-41-36(53)34(51)32(49)22(3)56-41/h7,20-24,26-43,47-55H,8-19H2,1-6H3/t20-,21?,22?,23?,24?,26+,27?,28?,29?,30?,31?,32+,33+,34+,35+,36?,37?,38+,39-,40?,41+,42+,43-,44+,45+,46-/m1/s1. The molecule has 0 bridgehead atoms. The number of hydrogen-bond acceptors (Lipinski definition) is 15. The van der Waals surface area contributed by atoms with E-state index in [1.165, 1.54) is 57.9 Å². The van der Waals surface area contributed by atoms with E-state index >= 15 is 0 Å². The molecule has 9 rings (SSSR count). The first-order valence-electron chi connectivity index (χ1n) is 23.7. The minimum Gasteiger partial charge on any atom is -0.394 e. The van der Waals surface area contributed by atoms with Gasteiger partial charge >= 0.3 is 0 Å². The molecule has 0 radical (unpaired) electrons. The Morgan fingerprint density at radius 3 is 1.98 bits per heavy atom. The van der Waals surface area contributed by atoms with Gasteiger partial charge in [-0.2, -0.15) is 0 Å². The summed E-state index contributed by atoms with van der Waals surface area (Å²) in [7, 11) is 0. The molecular formula is C46H75NO14. The number of hydrogen-bond donors (Lipinski definition) is 9. The van der Waals surface area contributed by atoms with Gasteiger partial charge in [0.25, 0.3) is 0 Å². The molecule has 15 heteroatoms. The molecule has 15 nitrogen and oxygen atoms in total. The van der Waals surface area contributed by atoms with Crippen molar-refractivity contribution in [1.29, 1.82) is 0 Å². The zero-order valence-corrected chi connectivity index (χ0v) is 36.9. The van der Waals surface area contributed by atoms with Crippen LogP contribution in [0, 0.1) is 52.3 Å². The van der Waals surface area contributed by atoms with Crippen LogP contribution in [-0.2, 0) is 28.4 Å². The Kier molecular flexibility index (Phi) is 12.5. The van der Waals surface area contributed by atoms with Gasteiger partial charge in [-0.3, -0.25) is 0 Å². The fraction of sp³-hybridized carbons (Fsp3) is 0.957. The van der Waals surface area contributed by atoms with Gasteiger partial charge in [-0.05, 0) is 137 Å². The molecule has 1 spiro atoms. The smallest absolute Gasteiger partial charge is 0.187 e. The minimum atomic E-state index is -1.70. The van der Waals surface area contributed by atoms with E-state index in [0.29, 0.717) is 35.1 Å². The third-order valence-electron chi connectivity index (χ3n) is 18.6. The lowest BCUT2D eigenvalue weighted by molar-refractivity contribution is -0.388. The summed E-state index contributed by atoms with van der Waals surface area (Å²) in [6.07, 6.45) is -7.87. The topological polar surface area (TPSA) is 229 Å². The molecule has 4 heterocycles. The van der Waals surface area contributed by atoms with Crippen molar-refractivity contribution in [1.82, 2.24) is 5.32 Å². The molecule has 0 aromatic rings. The lowest BCUT2D eigenvalue weighted by Crippen LogP contribution is -2.66. The first-order valence-corrected chi connectivity index (χ1v) is 23.7. The number of aliphatic hydroxyl groups is 8. The number of fused-ring (bicyclic) bond motifs is 7. The van der Waals surface area contributed by atoms with Crippen molar-refractivity contribution in [2.75, 3.05) is 13.2 Å². The summed E-state index contributed by atoms with van der Waals surface area (Å²) < 4.78 is 36.7. The maximum absolute atomic E-state index is 12.0. The summed E-state index contributed by atoms with van der Waals surface area (Å²) in [5.74, 6) is 5.00. The summed E-state index contributed by atoms with van der Waals surface area (Å²) in [6, 6.07) is 0. The molecule has 9 N–H and O–H groups in total. The zero-order chi connectivity index (χ0) is 43.5. The third-order valence-corrected chi connectivity index (χ3v) is 18.6. The minimum absolute atomic E-state index is 0.0361. The van der Waals surface area contributed by atoms with Crippen LogP contribution in [0.25, 0.3) is 0 Å². The predicted octanol–water partition coefficient (Wildman–Crippen LogP) is 1.48. The molecule has 9 aliphatic rings. The average Bonchev–Trinajstić information content (AvgIpc) is 3.69. The van der Waals surface area contributed by atoms with E-state index in [9.17, 15) is 40.9 Å². The summed E-state index contributed by atoms with van der Waals surface area (Å²) in [5.41, 5.74) is 2.11. The van der Waals surface area contributed by atoms with Crippen LogP contribution in [-0.4, -0.2) is 158 Å². The van der Waals surface area contributed by atoms with E-state index in [0.717, 1.165) is 49.5 Å². The molecule has 12 unspecified atom stereocenters. The lowest BCUT2D eigenvalue weighted by atomic mass is 9.46.